The highest BCUT2D eigenvalue weighted by Gasteiger charge is 2.53. The van der Waals surface area contributed by atoms with Crippen molar-refractivity contribution in [2.75, 3.05) is 12.3 Å². The van der Waals surface area contributed by atoms with Crippen molar-refractivity contribution in [2.24, 2.45) is 0 Å². The maximum atomic E-state index is 11.9. The first-order valence-corrected chi connectivity index (χ1v) is 8.98. The molecule has 2 unspecified atom stereocenters. The summed E-state index contributed by atoms with van der Waals surface area (Å²) in [6, 6.07) is 0. The number of nitrogens with zero attached hydrogens (tertiary/aromatic N) is 3. The molecular weight excluding hydrogens is 413 g/mol. The van der Waals surface area contributed by atoms with E-state index in [9.17, 15) is 19.4 Å². The number of halogens is 1. The van der Waals surface area contributed by atoms with Crippen LogP contribution in [0.1, 0.15) is 6.23 Å². The van der Waals surface area contributed by atoms with Gasteiger partial charge in [-0.15, -0.1) is 0 Å². The van der Waals surface area contributed by atoms with Crippen LogP contribution in [0, 0.1) is 0 Å². The Bertz CT molecular complexity index is 930. The lowest BCUT2D eigenvalue weighted by Crippen LogP contribution is -2.39. The van der Waals surface area contributed by atoms with Gasteiger partial charge in [0.05, 0.1) is 6.61 Å². The molecule has 4 heterocycles. The van der Waals surface area contributed by atoms with E-state index in [1.165, 1.54) is 4.57 Å². The Labute approximate surface area is 141 Å². The average Bonchev–Trinajstić information content (AvgIpc) is 2.96. The first kappa shape index (κ1) is 16.1. The van der Waals surface area contributed by atoms with Gasteiger partial charge < -0.3 is 20.5 Å². The van der Waals surface area contributed by atoms with Gasteiger partial charge in [-0.1, -0.05) is 0 Å². The van der Waals surface area contributed by atoms with Gasteiger partial charge in [0.2, 0.25) is 5.95 Å². The number of H-pyrrole nitrogens is 1. The van der Waals surface area contributed by atoms with Crippen LogP contribution >= 0.6 is 23.8 Å². The van der Waals surface area contributed by atoms with Crippen LogP contribution in [0.25, 0.3) is 11.2 Å². The Kier molecular flexibility index (Phi) is 3.58. The molecule has 5 N–H and O–H groups in total. The third-order valence-electron chi connectivity index (χ3n) is 3.75. The number of nitrogens with one attached hydrogen (secondary N) is 1. The molecule has 2 aromatic heterocycles. The molecule has 0 aromatic carbocycles. The van der Waals surface area contributed by atoms with Crippen LogP contribution in [0.3, 0.4) is 0 Å². The van der Waals surface area contributed by atoms with Crippen molar-refractivity contribution in [3.8, 4) is 0 Å². The number of aliphatic hydroxyl groups excluding tert-OH is 1. The number of aliphatic hydroxyl groups is 1. The van der Waals surface area contributed by atoms with Gasteiger partial charge in [-0.25, -0.2) is 9.55 Å². The average molecular weight is 424 g/mol. The molecule has 2 aromatic rings. The number of hydrogen-bond acceptors (Lipinski definition) is 9. The number of ether oxygens (including phenoxy) is 1. The molecule has 14 heteroatoms. The minimum Gasteiger partial charge on any atom is -0.386 e. The number of fused-ring (bicyclic) bond motifs is 2. The second kappa shape index (κ2) is 5.33. The highest BCUT2D eigenvalue weighted by atomic mass is 79.9. The topological polar surface area (TPSA) is 175 Å². The molecule has 0 saturated carbocycles. The number of anilines is 1. The van der Waals surface area contributed by atoms with Gasteiger partial charge in [0, 0.05) is 0 Å². The van der Waals surface area contributed by atoms with Gasteiger partial charge in [-0.3, -0.25) is 23.4 Å². The number of hydrogen-bond donors (Lipinski definition) is 4. The lowest BCUT2D eigenvalue weighted by atomic mass is 10.1. The van der Waals surface area contributed by atoms with E-state index >= 15 is 0 Å². The fraction of sp³-hybridized carbons (Fsp3) is 0.500. The van der Waals surface area contributed by atoms with E-state index in [1.807, 2.05) is 0 Å². The highest BCUT2D eigenvalue weighted by molar-refractivity contribution is 9.10. The lowest BCUT2D eigenvalue weighted by molar-refractivity contribution is -0.0669. The molecule has 0 amide bonds. The summed E-state index contributed by atoms with van der Waals surface area (Å²) in [5.74, 6) is -0.134. The summed E-state index contributed by atoms with van der Waals surface area (Å²) in [6.07, 6.45) is -4.25. The van der Waals surface area contributed by atoms with E-state index in [0.29, 0.717) is 0 Å². The Morgan fingerprint density at radius 3 is 2.96 bits per heavy atom. The van der Waals surface area contributed by atoms with Crippen molar-refractivity contribution in [3.63, 3.8) is 0 Å². The van der Waals surface area contributed by atoms with E-state index in [2.05, 4.69) is 35.4 Å². The Morgan fingerprint density at radius 1 is 1.46 bits per heavy atom. The number of nitrogen functional groups attached to an aromatic ring is 1. The molecule has 24 heavy (non-hydrogen) atoms. The van der Waals surface area contributed by atoms with Crippen molar-refractivity contribution in [3.05, 3.63) is 15.1 Å². The highest BCUT2D eigenvalue weighted by Crippen LogP contribution is 2.52. The summed E-state index contributed by atoms with van der Waals surface area (Å²) in [6.45, 7) is -0.230. The van der Waals surface area contributed by atoms with Crippen LogP contribution in [-0.2, 0) is 18.3 Å². The summed E-state index contributed by atoms with van der Waals surface area (Å²) in [5.41, 5.74) is 5.07. The molecule has 2 aliphatic rings. The van der Waals surface area contributed by atoms with Crippen molar-refractivity contribution >= 4 is 40.9 Å². The van der Waals surface area contributed by atoms with Crippen molar-refractivity contribution in [1.82, 2.24) is 19.5 Å². The number of phosphoric ester groups is 1. The van der Waals surface area contributed by atoms with E-state index in [0.717, 1.165) is 0 Å². The number of aromatic nitrogens is 4. The SMILES string of the molecule is Nc1nc2c(nc(Br)n2C2O[C@@H]3COP(=O)(O)O[C@H]3[C@H]2O)c(=O)[nH]1. The number of imidazole rings is 1. The van der Waals surface area contributed by atoms with Gasteiger partial charge in [0.15, 0.2) is 22.1 Å². The molecule has 4 rings (SSSR count). The number of phosphoric acid groups is 1. The van der Waals surface area contributed by atoms with Gasteiger partial charge in [0.25, 0.3) is 5.56 Å². The molecule has 12 nitrogen and oxygen atoms in total. The summed E-state index contributed by atoms with van der Waals surface area (Å²) in [5, 5.41) is 10.5. The van der Waals surface area contributed by atoms with Crippen LogP contribution in [-0.4, -0.2) is 54.4 Å². The minimum atomic E-state index is -4.24. The van der Waals surface area contributed by atoms with E-state index in [1.54, 1.807) is 0 Å². The van der Waals surface area contributed by atoms with Crippen molar-refractivity contribution in [2.45, 2.75) is 24.5 Å². The van der Waals surface area contributed by atoms with Crippen molar-refractivity contribution in [1.29, 1.82) is 0 Å². The summed E-state index contributed by atoms with van der Waals surface area (Å²) >= 11 is 3.18. The predicted octanol–water partition coefficient (Wildman–Crippen LogP) is -0.762. The molecule has 0 radical (unpaired) electrons. The second-order valence-electron chi connectivity index (χ2n) is 5.26. The summed E-state index contributed by atoms with van der Waals surface area (Å²) in [4.78, 5) is 31.7. The normalized spacial score (nSPS) is 36.1. The predicted molar refractivity (Wildman–Crippen MR) is 80.8 cm³/mol. The quantitative estimate of drug-likeness (QED) is 0.336. The Hall–Kier alpha value is -1.34. The standard InChI is InChI=1S/C10H11BrN5O7P/c11-9-13-3-6(14-10(12)15-7(3)18)16(9)8-4(17)5-2(22-8)1-21-24(19,20)23-5/h2,4-5,8,17H,1H2,(H,19,20)(H3,12,14,15,18)/t2-,4-,5-,8?/m1/s1. The number of aromatic amines is 1. The lowest BCUT2D eigenvalue weighted by Gasteiger charge is -2.27. The molecule has 2 fully saturated rings. The van der Waals surface area contributed by atoms with Gasteiger partial charge in [-0.05, 0) is 15.9 Å². The smallest absolute Gasteiger partial charge is 0.386 e. The zero-order chi connectivity index (χ0) is 17.2. The first-order chi connectivity index (χ1) is 11.3. The maximum Gasteiger partial charge on any atom is 0.472 e. The van der Waals surface area contributed by atoms with E-state index in [-0.39, 0.29) is 28.5 Å². The van der Waals surface area contributed by atoms with E-state index < -0.39 is 37.9 Å². The van der Waals surface area contributed by atoms with Crippen LogP contribution in [0.4, 0.5) is 5.95 Å². The molecule has 5 atom stereocenters. The molecule has 2 saturated heterocycles. The van der Waals surface area contributed by atoms with Crippen LogP contribution in [0.2, 0.25) is 0 Å². The molecule has 0 bridgehead atoms. The summed E-state index contributed by atoms with van der Waals surface area (Å²) < 4.78 is 28.2. The molecular formula is C10H11BrN5O7P. The van der Waals surface area contributed by atoms with Gasteiger partial charge in [0.1, 0.15) is 18.3 Å². The third kappa shape index (κ3) is 2.40. The van der Waals surface area contributed by atoms with Crippen molar-refractivity contribution < 1.29 is 28.3 Å². The monoisotopic (exact) mass is 423 g/mol. The Balaban J connectivity index is 1.80. The number of rotatable bonds is 1. The largest absolute Gasteiger partial charge is 0.472 e. The van der Waals surface area contributed by atoms with Crippen LogP contribution in [0.15, 0.2) is 9.53 Å². The van der Waals surface area contributed by atoms with Crippen LogP contribution in [0.5, 0.6) is 0 Å². The molecule has 0 aliphatic carbocycles. The second-order valence-corrected chi connectivity index (χ2v) is 7.38. The van der Waals surface area contributed by atoms with Gasteiger partial charge in [-0.2, -0.15) is 4.98 Å². The minimum absolute atomic E-state index is 0.00764. The Morgan fingerprint density at radius 2 is 2.21 bits per heavy atom. The molecule has 0 spiro atoms. The molecule has 2 aliphatic heterocycles. The zero-order valence-electron chi connectivity index (χ0n) is 11.7. The maximum absolute atomic E-state index is 11.9. The number of nitrogens with two attached hydrogens (primary N) is 1. The van der Waals surface area contributed by atoms with Gasteiger partial charge >= 0.3 is 7.82 Å². The fourth-order valence-corrected chi connectivity index (χ4v) is 4.26. The first-order valence-electron chi connectivity index (χ1n) is 6.69. The zero-order valence-corrected chi connectivity index (χ0v) is 14.2. The fourth-order valence-electron chi connectivity index (χ4n) is 2.75. The third-order valence-corrected chi connectivity index (χ3v) is 5.29. The van der Waals surface area contributed by atoms with E-state index in [4.69, 9.17) is 15.0 Å². The molecule has 130 valence electrons. The summed E-state index contributed by atoms with van der Waals surface area (Å²) in [7, 11) is -4.24. The van der Waals surface area contributed by atoms with Crippen LogP contribution < -0.4 is 11.3 Å².